The second-order valence-electron chi connectivity index (χ2n) is 10.0. The van der Waals surface area contributed by atoms with Gasteiger partial charge in [0, 0.05) is 27.7 Å². The summed E-state index contributed by atoms with van der Waals surface area (Å²) in [5.41, 5.74) is -0.0779. The average Bonchev–Trinajstić information content (AvgIpc) is 2.92. The lowest BCUT2D eigenvalue weighted by Crippen LogP contribution is -2.46. The molecule has 0 radical (unpaired) electrons. The Hall–Kier alpha value is -3.64. The molecule has 2 aromatic carbocycles. The number of benzene rings is 2. The Morgan fingerprint density at radius 2 is 1.95 bits per heavy atom. The van der Waals surface area contributed by atoms with E-state index in [9.17, 15) is 27.9 Å². The third-order valence-electron chi connectivity index (χ3n) is 6.69. The number of fused-ring (bicyclic) bond motifs is 1. The molecule has 1 amide bonds. The number of nitrogens with one attached hydrogen (secondary N) is 1. The minimum atomic E-state index is -4.63. The fraction of sp³-hybridized carbons (Fsp3) is 0.345. The van der Waals surface area contributed by atoms with Crippen molar-refractivity contribution >= 4 is 27.8 Å². The van der Waals surface area contributed by atoms with E-state index in [-0.39, 0.29) is 47.2 Å². The third kappa shape index (κ3) is 6.65. The molecule has 0 fully saturated rings. The van der Waals surface area contributed by atoms with Crippen LogP contribution >= 0.6 is 15.9 Å². The molecule has 218 valence electrons. The Labute approximate surface area is 243 Å². The third-order valence-corrected chi connectivity index (χ3v) is 7.38. The lowest BCUT2D eigenvalue weighted by atomic mass is 9.98. The molecule has 1 aromatic heterocycles. The highest BCUT2D eigenvalue weighted by atomic mass is 79.9. The van der Waals surface area contributed by atoms with Gasteiger partial charge in [-0.25, -0.2) is 9.55 Å². The Balaban J connectivity index is 1.72. The quantitative estimate of drug-likeness (QED) is 0.325. The molecule has 0 spiro atoms. The smallest absolute Gasteiger partial charge is 0.417 e. The van der Waals surface area contributed by atoms with Crippen molar-refractivity contribution in [1.82, 2.24) is 14.5 Å². The summed E-state index contributed by atoms with van der Waals surface area (Å²) in [6.45, 7) is 9.03. The van der Waals surface area contributed by atoms with Gasteiger partial charge in [-0.1, -0.05) is 22.0 Å². The fourth-order valence-electron chi connectivity index (χ4n) is 4.48. The zero-order valence-electron chi connectivity index (χ0n) is 22.7. The predicted octanol–water partition coefficient (Wildman–Crippen LogP) is 5.35. The van der Waals surface area contributed by atoms with Crippen molar-refractivity contribution in [3.8, 4) is 11.4 Å². The van der Waals surface area contributed by atoms with E-state index >= 15 is 0 Å². The van der Waals surface area contributed by atoms with Crippen LogP contribution < -0.4 is 15.6 Å². The van der Waals surface area contributed by atoms with Gasteiger partial charge in [0.25, 0.3) is 11.5 Å². The van der Waals surface area contributed by atoms with E-state index < -0.39 is 29.8 Å². The first-order valence-electron chi connectivity index (χ1n) is 12.9. The van der Waals surface area contributed by atoms with E-state index in [1.54, 1.807) is 44.2 Å². The summed E-state index contributed by atoms with van der Waals surface area (Å²) in [6.07, 6.45) is -3.46. The number of rotatable bonds is 8. The second-order valence-corrected chi connectivity index (χ2v) is 10.9. The molecule has 0 bridgehead atoms. The highest BCUT2D eigenvalue weighted by Gasteiger charge is 2.36. The number of amides is 1. The molecule has 0 saturated carbocycles. The van der Waals surface area contributed by atoms with Crippen molar-refractivity contribution in [3.05, 3.63) is 92.3 Å². The minimum Gasteiger partial charge on any atom is -0.491 e. The van der Waals surface area contributed by atoms with Crippen LogP contribution in [-0.4, -0.2) is 50.3 Å². The number of aliphatic hydroxyl groups is 1. The van der Waals surface area contributed by atoms with Crippen LogP contribution in [0.5, 0.6) is 5.75 Å². The van der Waals surface area contributed by atoms with Crippen LogP contribution in [0.15, 0.2) is 64.4 Å². The maximum Gasteiger partial charge on any atom is 0.417 e. The molecule has 0 aliphatic carbocycles. The summed E-state index contributed by atoms with van der Waals surface area (Å²) in [7, 11) is 0. The van der Waals surface area contributed by atoms with Gasteiger partial charge in [-0.3, -0.25) is 9.59 Å². The Morgan fingerprint density at radius 3 is 2.56 bits per heavy atom. The first kappa shape index (κ1) is 30.3. The fourth-order valence-corrected chi connectivity index (χ4v) is 4.95. The molecule has 2 heterocycles. The molecule has 2 N–H and O–H groups in total. The van der Waals surface area contributed by atoms with Crippen molar-refractivity contribution in [2.45, 2.75) is 58.1 Å². The van der Waals surface area contributed by atoms with Crippen LogP contribution in [-0.2, 0) is 19.1 Å². The van der Waals surface area contributed by atoms with Gasteiger partial charge in [0.15, 0.2) is 0 Å². The number of carbonyl (C=O) groups excluding carboxylic acids is 1. The Kier molecular flexibility index (Phi) is 8.93. The van der Waals surface area contributed by atoms with Gasteiger partial charge in [0.05, 0.1) is 29.6 Å². The number of halogens is 4. The van der Waals surface area contributed by atoms with E-state index in [4.69, 9.17) is 9.72 Å². The molecule has 0 saturated heterocycles. The lowest BCUT2D eigenvalue weighted by Gasteiger charge is -2.35. The lowest BCUT2D eigenvalue weighted by molar-refractivity contribution is -0.138. The van der Waals surface area contributed by atoms with Gasteiger partial charge in [-0.2, -0.15) is 13.2 Å². The van der Waals surface area contributed by atoms with Crippen LogP contribution in [0.2, 0.25) is 0 Å². The van der Waals surface area contributed by atoms with Crippen molar-refractivity contribution in [3.63, 3.8) is 0 Å². The summed E-state index contributed by atoms with van der Waals surface area (Å²) in [6, 6.07) is 9.39. The van der Waals surface area contributed by atoms with Crippen molar-refractivity contribution in [2.24, 2.45) is 0 Å². The molecule has 0 unspecified atom stereocenters. The van der Waals surface area contributed by atoms with Crippen molar-refractivity contribution in [1.29, 1.82) is 0 Å². The number of aliphatic hydroxyl groups excluding tert-OH is 1. The number of alkyl halides is 3. The molecular formula is C29H30BrF3N4O4. The summed E-state index contributed by atoms with van der Waals surface area (Å²) < 4.78 is 47.2. The molecule has 1 aliphatic rings. The Bertz CT molecular complexity index is 1510. The number of aromatic nitrogens is 2. The molecular weight excluding hydrogens is 605 g/mol. The molecule has 8 nitrogen and oxygen atoms in total. The maximum absolute atomic E-state index is 13.8. The molecule has 12 heteroatoms. The largest absolute Gasteiger partial charge is 0.491 e. The van der Waals surface area contributed by atoms with E-state index in [0.29, 0.717) is 22.7 Å². The SMILES string of the molecule is C=C[C@H](C)Nc1nc2c(c(=O)n1-c1ccc(OC[C@@H](C)O)cc1)C[C@@H](C)N(C(=O)c1ccc(Br)c(C(F)(F)F)c1)C2. The standard InChI is InChI=1S/C29H30BrF3N4O4/c1-5-16(2)34-28-35-25-14-36(26(39)19-6-11-24(30)23(13-19)29(31,32)33)17(3)12-22(25)27(40)37(28)20-7-9-21(10-8-20)41-15-18(4)38/h5-11,13,16-18,38H,1,12,14-15H2,2-4H3,(H,34,35)/t16-,17+,18+/m0/s1. The molecule has 3 aromatic rings. The molecule has 4 rings (SSSR count). The monoisotopic (exact) mass is 634 g/mol. The predicted molar refractivity (Wildman–Crippen MR) is 152 cm³/mol. The van der Waals surface area contributed by atoms with E-state index in [0.717, 1.165) is 6.07 Å². The van der Waals surface area contributed by atoms with E-state index in [2.05, 4.69) is 27.8 Å². The molecule has 41 heavy (non-hydrogen) atoms. The van der Waals surface area contributed by atoms with Gasteiger partial charge >= 0.3 is 6.18 Å². The highest BCUT2D eigenvalue weighted by Crippen LogP contribution is 2.36. The van der Waals surface area contributed by atoms with Crippen LogP contribution in [0.25, 0.3) is 5.69 Å². The number of anilines is 1. The second kappa shape index (κ2) is 12.1. The van der Waals surface area contributed by atoms with Gasteiger partial charge in [-0.05, 0) is 69.7 Å². The van der Waals surface area contributed by atoms with Crippen LogP contribution in [0.4, 0.5) is 19.1 Å². The van der Waals surface area contributed by atoms with Gasteiger partial charge in [0.1, 0.15) is 12.4 Å². The first-order chi connectivity index (χ1) is 19.3. The summed E-state index contributed by atoms with van der Waals surface area (Å²) in [5.74, 6) is 0.157. The highest BCUT2D eigenvalue weighted by molar-refractivity contribution is 9.10. The summed E-state index contributed by atoms with van der Waals surface area (Å²) in [4.78, 5) is 33.4. The summed E-state index contributed by atoms with van der Waals surface area (Å²) >= 11 is 2.91. The van der Waals surface area contributed by atoms with Crippen LogP contribution in [0.1, 0.15) is 48.0 Å². The maximum atomic E-state index is 13.8. The van der Waals surface area contributed by atoms with Gasteiger partial charge in [-0.15, -0.1) is 6.58 Å². The topological polar surface area (TPSA) is 96.7 Å². The molecule has 1 aliphatic heterocycles. The number of carbonyl (C=O) groups is 1. The summed E-state index contributed by atoms with van der Waals surface area (Å²) in [5, 5.41) is 12.6. The zero-order chi connectivity index (χ0) is 30.1. The number of hydrogen-bond donors (Lipinski definition) is 2. The number of nitrogens with zero attached hydrogens (tertiary/aromatic N) is 3. The van der Waals surface area contributed by atoms with Gasteiger partial charge < -0.3 is 20.1 Å². The normalized spacial score (nSPS) is 16.5. The van der Waals surface area contributed by atoms with Gasteiger partial charge in [0.2, 0.25) is 5.95 Å². The first-order valence-corrected chi connectivity index (χ1v) is 13.7. The Morgan fingerprint density at radius 1 is 1.27 bits per heavy atom. The number of hydrogen-bond acceptors (Lipinski definition) is 6. The minimum absolute atomic E-state index is 0.0495. The van der Waals surface area contributed by atoms with Crippen LogP contribution in [0.3, 0.4) is 0 Å². The van der Waals surface area contributed by atoms with Crippen LogP contribution in [0, 0.1) is 0 Å². The van der Waals surface area contributed by atoms with Crippen molar-refractivity contribution in [2.75, 3.05) is 11.9 Å². The van der Waals surface area contributed by atoms with E-state index in [1.807, 2.05) is 6.92 Å². The number of ether oxygens (including phenoxy) is 1. The molecule has 3 atom stereocenters. The van der Waals surface area contributed by atoms with Crippen molar-refractivity contribution < 1.29 is 27.8 Å². The van der Waals surface area contributed by atoms with E-state index in [1.165, 1.54) is 21.6 Å². The average molecular weight is 635 g/mol. The zero-order valence-corrected chi connectivity index (χ0v) is 24.3.